The van der Waals surface area contributed by atoms with Crippen molar-refractivity contribution in [3.8, 4) is 0 Å². The lowest BCUT2D eigenvalue weighted by Crippen LogP contribution is -2.08. The van der Waals surface area contributed by atoms with Crippen LogP contribution in [0, 0.1) is 27.7 Å². The lowest BCUT2D eigenvalue weighted by Gasteiger charge is -2.12. The Bertz CT molecular complexity index is 727. The van der Waals surface area contributed by atoms with E-state index in [1.807, 2.05) is 13.8 Å². The maximum atomic E-state index is 4.78. The Morgan fingerprint density at radius 3 is 1.78 bits per heavy atom. The lowest BCUT2D eigenvalue weighted by atomic mass is 10.1. The van der Waals surface area contributed by atoms with Crippen molar-refractivity contribution in [2.24, 2.45) is 4.99 Å². The van der Waals surface area contributed by atoms with Gasteiger partial charge < -0.3 is 5.32 Å². The minimum atomic E-state index is 0.983. The monoisotopic (exact) mass is 306 g/mol. The van der Waals surface area contributed by atoms with E-state index in [0.29, 0.717) is 0 Å². The summed E-state index contributed by atoms with van der Waals surface area (Å²) in [5.41, 5.74) is 9.11. The van der Waals surface area contributed by atoms with E-state index >= 15 is 0 Å². The predicted octanol–water partition coefficient (Wildman–Crippen LogP) is 6.03. The minimum absolute atomic E-state index is 0.983. The molecule has 0 bridgehead atoms. The number of nitrogens with one attached hydrogen (secondary N) is 1. The van der Waals surface area contributed by atoms with Gasteiger partial charge in [0.25, 0.3) is 0 Å². The van der Waals surface area contributed by atoms with Crippen LogP contribution in [-0.4, -0.2) is 5.71 Å². The topological polar surface area (TPSA) is 24.4 Å². The molecule has 0 saturated carbocycles. The van der Waals surface area contributed by atoms with Crippen molar-refractivity contribution in [3.63, 3.8) is 0 Å². The highest BCUT2D eigenvalue weighted by atomic mass is 14.9. The predicted molar refractivity (Wildman–Crippen MR) is 102 cm³/mol. The van der Waals surface area contributed by atoms with Gasteiger partial charge >= 0.3 is 0 Å². The van der Waals surface area contributed by atoms with E-state index in [9.17, 15) is 0 Å². The number of nitrogens with zero attached hydrogens (tertiary/aromatic N) is 1. The summed E-state index contributed by atoms with van der Waals surface area (Å²) in [5, 5.41) is 3.49. The van der Waals surface area contributed by atoms with Gasteiger partial charge in [0.2, 0.25) is 0 Å². The molecule has 0 atom stereocenters. The molecule has 0 radical (unpaired) electrons. The third-order valence-electron chi connectivity index (χ3n) is 3.68. The van der Waals surface area contributed by atoms with E-state index in [-0.39, 0.29) is 0 Å². The van der Waals surface area contributed by atoms with Gasteiger partial charge in [0.05, 0.1) is 17.1 Å². The van der Waals surface area contributed by atoms with E-state index in [1.165, 1.54) is 22.3 Å². The average Bonchev–Trinajstić information content (AvgIpc) is 2.42. The fourth-order valence-corrected chi connectivity index (χ4v) is 2.84. The van der Waals surface area contributed by atoms with E-state index in [4.69, 9.17) is 4.99 Å². The van der Waals surface area contributed by atoms with E-state index in [1.54, 1.807) is 0 Å². The highest BCUT2D eigenvalue weighted by molar-refractivity contribution is 6.02. The maximum Gasteiger partial charge on any atom is 0.0639 e. The zero-order chi connectivity index (χ0) is 17.0. The molecule has 2 heteroatoms. The van der Waals surface area contributed by atoms with E-state index in [2.05, 4.69) is 75.5 Å². The fourth-order valence-electron chi connectivity index (χ4n) is 2.84. The number of aryl methyl sites for hydroxylation is 4. The van der Waals surface area contributed by atoms with Gasteiger partial charge in [0.15, 0.2) is 0 Å². The summed E-state index contributed by atoms with van der Waals surface area (Å²) in [6.45, 7) is 12.5. The zero-order valence-corrected chi connectivity index (χ0v) is 15.0. The van der Waals surface area contributed by atoms with Crippen LogP contribution in [0.2, 0.25) is 0 Å². The molecule has 2 aromatic rings. The Balaban J connectivity index is 2.27. The normalized spacial score (nSPS) is 12.4. The van der Waals surface area contributed by atoms with Crippen LogP contribution in [-0.2, 0) is 0 Å². The molecule has 0 aliphatic rings. The second-order valence-electron chi connectivity index (χ2n) is 6.25. The summed E-state index contributed by atoms with van der Waals surface area (Å²) in [6.07, 6.45) is 2.07. The Kier molecular flexibility index (Phi) is 5.38. The molecule has 1 N–H and O–H groups in total. The van der Waals surface area contributed by atoms with Crippen molar-refractivity contribution in [3.05, 3.63) is 70.4 Å². The standard InChI is InChI=1S/C21H26N2/c1-7-21(23-20-12-16(4)9-17(5)13-20)18(6)22-19-10-14(2)8-15(3)11-19/h7-13,23H,1-6H3/b21-7+,22-18?. The second-order valence-corrected chi connectivity index (χ2v) is 6.25. The quantitative estimate of drug-likeness (QED) is 0.685. The first kappa shape index (κ1) is 17.0. The van der Waals surface area contributed by atoms with Gasteiger partial charge in [-0.2, -0.15) is 0 Å². The first-order valence-corrected chi connectivity index (χ1v) is 8.03. The second kappa shape index (κ2) is 7.28. The van der Waals surface area contributed by atoms with Crippen molar-refractivity contribution in [1.29, 1.82) is 0 Å². The molecular formula is C21H26N2. The van der Waals surface area contributed by atoms with Crippen molar-refractivity contribution >= 4 is 17.1 Å². The zero-order valence-electron chi connectivity index (χ0n) is 15.0. The molecule has 0 aliphatic heterocycles. The van der Waals surface area contributed by atoms with Gasteiger partial charge in [-0.05, 0) is 88.1 Å². The number of anilines is 1. The van der Waals surface area contributed by atoms with Crippen LogP contribution in [0.3, 0.4) is 0 Å². The van der Waals surface area contributed by atoms with Gasteiger partial charge in [-0.15, -0.1) is 0 Å². The Hall–Kier alpha value is -2.35. The van der Waals surface area contributed by atoms with Crippen LogP contribution in [0.4, 0.5) is 11.4 Å². The number of hydrogen-bond acceptors (Lipinski definition) is 2. The Morgan fingerprint density at radius 1 is 0.826 bits per heavy atom. The molecule has 23 heavy (non-hydrogen) atoms. The van der Waals surface area contributed by atoms with Gasteiger partial charge in [0, 0.05) is 5.69 Å². The van der Waals surface area contributed by atoms with Gasteiger partial charge in [-0.3, -0.25) is 4.99 Å². The van der Waals surface area contributed by atoms with Gasteiger partial charge in [0.1, 0.15) is 0 Å². The smallest absolute Gasteiger partial charge is 0.0639 e. The maximum absolute atomic E-state index is 4.78. The van der Waals surface area contributed by atoms with Crippen LogP contribution in [0.5, 0.6) is 0 Å². The van der Waals surface area contributed by atoms with Crippen LogP contribution < -0.4 is 5.32 Å². The van der Waals surface area contributed by atoms with Crippen molar-refractivity contribution in [1.82, 2.24) is 0 Å². The molecule has 0 fully saturated rings. The third-order valence-corrected chi connectivity index (χ3v) is 3.68. The average molecular weight is 306 g/mol. The summed E-state index contributed by atoms with van der Waals surface area (Å²) in [6, 6.07) is 12.9. The summed E-state index contributed by atoms with van der Waals surface area (Å²) < 4.78 is 0. The summed E-state index contributed by atoms with van der Waals surface area (Å²) in [4.78, 5) is 4.78. The lowest BCUT2D eigenvalue weighted by molar-refractivity contribution is 1.33. The molecule has 0 aromatic heterocycles. The molecule has 0 heterocycles. The number of rotatable bonds is 4. The number of aliphatic imine (C=N–C) groups is 1. The van der Waals surface area contributed by atoms with Crippen molar-refractivity contribution in [2.75, 3.05) is 5.32 Å². The molecule has 2 rings (SSSR count). The van der Waals surface area contributed by atoms with Crippen molar-refractivity contribution in [2.45, 2.75) is 41.5 Å². The molecule has 2 aromatic carbocycles. The van der Waals surface area contributed by atoms with E-state index in [0.717, 1.165) is 22.8 Å². The van der Waals surface area contributed by atoms with Crippen LogP contribution in [0.15, 0.2) is 53.2 Å². The fraction of sp³-hybridized carbons (Fsp3) is 0.286. The number of hydrogen-bond donors (Lipinski definition) is 1. The first-order valence-electron chi connectivity index (χ1n) is 8.03. The summed E-state index contributed by atoms with van der Waals surface area (Å²) in [7, 11) is 0. The Morgan fingerprint density at radius 2 is 1.30 bits per heavy atom. The molecule has 0 unspecified atom stereocenters. The highest BCUT2D eigenvalue weighted by Gasteiger charge is 2.04. The van der Waals surface area contributed by atoms with Crippen LogP contribution in [0.1, 0.15) is 36.1 Å². The molecule has 0 aliphatic carbocycles. The van der Waals surface area contributed by atoms with Gasteiger partial charge in [-0.25, -0.2) is 0 Å². The van der Waals surface area contributed by atoms with Crippen LogP contribution >= 0.6 is 0 Å². The van der Waals surface area contributed by atoms with Crippen molar-refractivity contribution < 1.29 is 0 Å². The highest BCUT2D eigenvalue weighted by Crippen LogP contribution is 2.20. The third kappa shape index (κ3) is 4.82. The Labute approximate surface area is 140 Å². The summed E-state index contributed by atoms with van der Waals surface area (Å²) in [5.74, 6) is 0. The summed E-state index contributed by atoms with van der Waals surface area (Å²) >= 11 is 0. The molecule has 0 amide bonds. The number of benzene rings is 2. The minimum Gasteiger partial charge on any atom is -0.354 e. The van der Waals surface area contributed by atoms with E-state index < -0.39 is 0 Å². The SMILES string of the molecule is C/C=C(/Nc1cc(C)cc(C)c1)C(C)=Nc1cc(C)cc(C)c1. The molecule has 0 saturated heterocycles. The van der Waals surface area contributed by atoms with Gasteiger partial charge in [-0.1, -0.05) is 18.2 Å². The molecule has 2 nitrogen and oxygen atoms in total. The molecular weight excluding hydrogens is 280 g/mol. The first-order chi connectivity index (χ1) is 10.9. The largest absolute Gasteiger partial charge is 0.354 e. The van der Waals surface area contributed by atoms with Crippen LogP contribution in [0.25, 0.3) is 0 Å². The molecule has 0 spiro atoms. The molecule has 120 valence electrons. The number of allylic oxidation sites excluding steroid dienone is 2.